The van der Waals surface area contributed by atoms with Crippen LogP contribution in [0.2, 0.25) is 0 Å². The minimum absolute atomic E-state index is 0.204. The van der Waals surface area contributed by atoms with Crippen molar-refractivity contribution in [2.24, 2.45) is 10.2 Å². The molecule has 0 radical (unpaired) electrons. The molecular weight excluding hydrogens is 324 g/mol. The lowest BCUT2D eigenvalue weighted by molar-refractivity contribution is -0.151. The molecule has 0 fully saturated rings. The van der Waals surface area contributed by atoms with Gasteiger partial charge in [0.1, 0.15) is 5.75 Å². The van der Waals surface area contributed by atoms with Crippen LogP contribution < -0.4 is 4.74 Å². The molecule has 0 aromatic heterocycles. The number of hydrogen-bond acceptors (Lipinski definition) is 7. The molecule has 2 rings (SSSR count). The normalized spacial score (nSPS) is 11.8. The second-order valence-electron chi connectivity index (χ2n) is 4.90. The van der Waals surface area contributed by atoms with Crippen LogP contribution in [0.15, 0.2) is 64.8 Å². The minimum Gasteiger partial charge on any atom is -0.497 e. The number of ether oxygens (including phenoxy) is 2. The van der Waals surface area contributed by atoms with Crippen LogP contribution in [0.4, 0.5) is 5.69 Å². The van der Waals surface area contributed by atoms with Crippen LogP contribution in [-0.4, -0.2) is 37.8 Å². The van der Waals surface area contributed by atoms with Crippen LogP contribution in [0.5, 0.6) is 5.75 Å². The number of nitrogens with zero attached hydrogens (tertiary/aromatic N) is 2. The molecule has 2 aromatic rings. The quantitative estimate of drug-likeness (QED) is 0.254. The van der Waals surface area contributed by atoms with Gasteiger partial charge in [0.2, 0.25) is 6.04 Å². The number of azo groups is 1. The van der Waals surface area contributed by atoms with Gasteiger partial charge in [-0.25, -0.2) is 4.79 Å². The summed E-state index contributed by atoms with van der Waals surface area (Å²) in [7, 11) is 2.55. The summed E-state index contributed by atoms with van der Waals surface area (Å²) in [4.78, 5) is 36.3. The maximum absolute atomic E-state index is 12.6. The van der Waals surface area contributed by atoms with Crippen molar-refractivity contribution in [3.8, 4) is 5.75 Å². The Bertz CT molecular complexity index is 785. The molecule has 25 heavy (non-hydrogen) atoms. The highest BCUT2D eigenvalue weighted by Gasteiger charge is 2.33. The van der Waals surface area contributed by atoms with E-state index in [9.17, 15) is 14.4 Å². The summed E-state index contributed by atoms with van der Waals surface area (Å²) >= 11 is 0. The van der Waals surface area contributed by atoms with E-state index in [0.29, 0.717) is 11.4 Å². The lowest BCUT2D eigenvalue weighted by Gasteiger charge is -2.09. The molecule has 1 atom stereocenters. The first kappa shape index (κ1) is 18.0. The van der Waals surface area contributed by atoms with Gasteiger partial charge in [-0.1, -0.05) is 18.2 Å². The molecule has 0 amide bonds. The van der Waals surface area contributed by atoms with Crippen molar-refractivity contribution in [3.63, 3.8) is 0 Å². The lowest BCUT2D eigenvalue weighted by Crippen LogP contribution is -2.34. The molecule has 0 aliphatic carbocycles. The molecule has 1 unspecified atom stereocenters. The fraction of sp³-hybridized carbons (Fsp3) is 0.167. The van der Waals surface area contributed by atoms with Crippen molar-refractivity contribution in [1.29, 1.82) is 0 Å². The maximum atomic E-state index is 12.6. The van der Waals surface area contributed by atoms with E-state index in [1.165, 1.54) is 19.2 Å². The number of benzene rings is 2. The Morgan fingerprint density at radius 2 is 1.56 bits per heavy atom. The SMILES string of the molecule is COC(=O)C(=O)C(N=Nc1ccccc1)C(=O)c1ccc(OC)cc1. The first-order valence-corrected chi connectivity index (χ1v) is 7.33. The van der Waals surface area contributed by atoms with Crippen molar-refractivity contribution in [3.05, 3.63) is 60.2 Å². The average Bonchev–Trinajstić information content (AvgIpc) is 2.68. The highest BCUT2D eigenvalue weighted by molar-refractivity contribution is 6.41. The Morgan fingerprint density at radius 3 is 2.12 bits per heavy atom. The third-order valence-electron chi connectivity index (χ3n) is 3.30. The van der Waals surface area contributed by atoms with E-state index in [0.717, 1.165) is 7.11 Å². The number of methoxy groups -OCH3 is 2. The zero-order valence-electron chi connectivity index (χ0n) is 13.7. The first-order chi connectivity index (χ1) is 12.1. The summed E-state index contributed by atoms with van der Waals surface area (Å²) in [5, 5.41) is 7.65. The van der Waals surface area contributed by atoms with Gasteiger partial charge in [-0.05, 0) is 36.4 Å². The number of carbonyl (C=O) groups excluding carboxylic acids is 3. The van der Waals surface area contributed by atoms with E-state index in [1.54, 1.807) is 42.5 Å². The second-order valence-corrected chi connectivity index (χ2v) is 4.90. The molecular formula is C18H16N2O5. The van der Waals surface area contributed by atoms with E-state index < -0.39 is 23.6 Å². The lowest BCUT2D eigenvalue weighted by atomic mass is 10.0. The number of esters is 1. The average molecular weight is 340 g/mol. The minimum atomic E-state index is -1.61. The van der Waals surface area contributed by atoms with E-state index in [1.807, 2.05) is 0 Å². The van der Waals surface area contributed by atoms with Gasteiger partial charge in [0.15, 0.2) is 5.78 Å². The maximum Gasteiger partial charge on any atom is 0.377 e. The zero-order chi connectivity index (χ0) is 18.2. The molecule has 0 N–H and O–H groups in total. The van der Waals surface area contributed by atoms with Crippen LogP contribution >= 0.6 is 0 Å². The predicted molar refractivity (Wildman–Crippen MR) is 89.1 cm³/mol. The van der Waals surface area contributed by atoms with Gasteiger partial charge in [-0.2, -0.15) is 10.2 Å². The van der Waals surface area contributed by atoms with Crippen LogP contribution in [0.1, 0.15) is 10.4 Å². The largest absolute Gasteiger partial charge is 0.497 e. The van der Waals surface area contributed by atoms with E-state index in [-0.39, 0.29) is 5.56 Å². The summed E-state index contributed by atoms with van der Waals surface area (Å²) in [5.74, 6) is -2.34. The zero-order valence-corrected chi connectivity index (χ0v) is 13.7. The molecule has 2 aromatic carbocycles. The number of rotatable bonds is 7. The summed E-state index contributed by atoms with van der Waals surface area (Å²) in [6.45, 7) is 0. The predicted octanol–water partition coefficient (Wildman–Crippen LogP) is 2.77. The van der Waals surface area contributed by atoms with Gasteiger partial charge in [0.05, 0.1) is 19.9 Å². The standard InChI is InChI=1S/C18H16N2O5/c1-24-14-10-8-12(9-11-14)16(21)15(17(22)18(23)25-2)20-19-13-6-4-3-5-7-13/h3-11,15H,1-2H3. The van der Waals surface area contributed by atoms with Gasteiger partial charge in [-0.3, -0.25) is 9.59 Å². The monoisotopic (exact) mass is 340 g/mol. The molecule has 0 spiro atoms. The van der Waals surface area contributed by atoms with Crippen molar-refractivity contribution < 1.29 is 23.9 Å². The summed E-state index contributed by atoms with van der Waals surface area (Å²) in [5.41, 5.74) is 0.655. The highest BCUT2D eigenvalue weighted by Crippen LogP contribution is 2.17. The number of hydrogen-bond donors (Lipinski definition) is 0. The number of Topliss-reactive ketones (excluding diaryl/α,β-unsaturated/α-hetero) is 2. The molecule has 0 saturated carbocycles. The van der Waals surface area contributed by atoms with Gasteiger partial charge in [0.25, 0.3) is 5.78 Å². The van der Waals surface area contributed by atoms with Crippen LogP contribution in [0, 0.1) is 0 Å². The Morgan fingerprint density at radius 1 is 0.920 bits per heavy atom. The first-order valence-electron chi connectivity index (χ1n) is 7.33. The van der Waals surface area contributed by atoms with Crippen LogP contribution in [-0.2, 0) is 14.3 Å². The summed E-state index contributed by atoms with van der Waals surface area (Å²) in [6.07, 6.45) is 0. The van der Waals surface area contributed by atoms with E-state index in [4.69, 9.17) is 4.74 Å². The van der Waals surface area contributed by atoms with Gasteiger partial charge < -0.3 is 9.47 Å². The highest BCUT2D eigenvalue weighted by atomic mass is 16.5. The van der Waals surface area contributed by atoms with Crippen molar-refractivity contribution >= 4 is 23.2 Å². The van der Waals surface area contributed by atoms with E-state index in [2.05, 4.69) is 15.0 Å². The molecule has 0 heterocycles. The summed E-state index contributed by atoms with van der Waals surface area (Å²) < 4.78 is 9.43. The Hall–Kier alpha value is -3.35. The second kappa shape index (κ2) is 8.49. The van der Waals surface area contributed by atoms with E-state index >= 15 is 0 Å². The van der Waals surface area contributed by atoms with Crippen molar-refractivity contribution in [2.45, 2.75) is 6.04 Å². The molecule has 7 heteroatoms. The topological polar surface area (TPSA) is 94.4 Å². The fourth-order valence-corrected chi connectivity index (χ4v) is 1.97. The Kier molecular flexibility index (Phi) is 6.11. The Balaban J connectivity index is 2.32. The molecule has 0 aliphatic rings. The third-order valence-corrected chi connectivity index (χ3v) is 3.30. The Labute approximate surface area is 144 Å². The summed E-state index contributed by atoms with van der Waals surface area (Å²) in [6, 6.07) is 13.1. The van der Waals surface area contributed by atoms with Crippen molar-refractivity contribution in [2.75, 3.05) is 14.2 Å². The van der Waals surface area contributed by atoms with Gasteiger partial charge >= 0.3 is 5.97 Å². The smallest absolute Gasteiger partial charge is 0.377 e. The molecule has 0 aliphatic heterocycles. The molecule has 0 bridgehead atoms. The molecule has 7 nitrogen and oxygen atoms in total. The molecule has 0 saturated heterocycles. The number of ketones is 2. The van der Waals surface area contributed by atoms with Crippen molar-refractivity contribution in [1.82, 2.24) is 0 Å². The van der Waals surface area contributed by atoms with Gasteiger partial charge in [-0.15, -0.1) is 0 Å². The number of carbonyl (C=O) groups is 3. The molecule has 128 valence electrons. The van der Waals surface area contributed by atoms with Crippen LogP contribution in [0.25, 0.3) is 0 Å². The third kappa shape index (κ3) is 4.57. The fourth-order valence-electron chi connectivity index (χ4n) is 1.97. The van der Waals surface area contributed by atoms with Crippen LogP contribution in [0.3, 0.4) is 0 Å². The van der Waals surface area contributed by atoms with Gasteiger partial charge in [0, 0.05) is 5.56 Å².